The first kappa shape index (κ1) is 16.1. The van der Waals surface area contributed by atoms with E-state index in [1.165, 1.54) is 11.1 Å². The predicted molar refractivity (Wildman–Crippen MR) is 98.3 cm³/mol. The van der Waals surface area contributed by atoms with E-state index in [0.717, 1.165) is 35.0 Å². The van der Waals surface area contributed by atoms with Crippen molar-refractivity contribution in [2.75, 3.05) is 0 Å². The number of hydrogen-bond acceptors (Lipinski definition) is 2. The highest BCUT2D eigenvalue weighted by Crippen LogP contribution is 2.32. The zero-order valence-corrected chi connectivity index (χ0v) is 14.4. The minimum atomic E-state index is 0.778. The number of aryl methyl sites for hydroxylation is 3. The van der Waals surface area contributed by atoms with Gasteiger partial charge in [0.25, 0.3) is 0 Å². The summed E-state index contributed by atoms with van der Waals surface area (Å²) in [6.45, 7) is 6.24. The second-order valence-electron chi connectivity index (χ2n) is 5.96. The third-order valence-electron chi connectivity index (χ3n) is 3.86. The van der Waals surface area contributed by atoms with Crippen molar-refractivity contribution >= 4 is 0 Å². The maximum atomic E-state index is 6.10. The normalized spacial score (nSPS) is 10.5. The molecule has 0 saturated heterocycles. The van der Waals surface area contributed by atoms with Crippen LogP contribution in [0.25, 0.3) is 0 Å². The van der Waals surface area contributed by atoms with Crippen LogP contribution in [0.5, 0.6) is 23.0 Å². The van der Waals surface area contributed by atoms with Gasteiger partial charge in [-0.2, -0.15) is 0 Å². The van der Waals surface area contributed by atoms with E-state index in [1.54, 1.807) is 0 Å². The van der Waals surface area contributed by atoms with Crippen LogP contribution < -0.4 is 9.47 Å². The van der Waals surface area contributed by atoms with E-state index in [9.17, 15) is 0 Å². The summed E-state index contributed by atoms with van der Waals surface area (Å²) in [5.41, 5.74) is 3.51. The standard InChI is InChI=1S/C22H22O2/c1-4-18-11-12-21(23-19-9-5-7-16(2)13-19)15-22(18)24-20-10-6-8-17(3)14-20/h5-15H,4H2,1-3H3. The van der Waals surface area contributed by atoms with Gasteiger partial charge in [0.05, 0.1) is 0 Å². The number of ether oxygens (including phenoxy) is 2. The Morgan fingerprint density at radius 3 is 1.83 bits per heavy atom. The van der Waals surface area contributed by atoms with Crippen LogP contribution in [0.2, 0.25) is 0 Å². The van der Waals surface area contributed by atoms with E-state index in [-0.39, 0.29) is 0 Å². The van der Waals surface area contributed by atoms with E-state index in [1.807, 2.05) is 48.5 Å². The number of benzene rings is 3. The molecule has 24 heavy (non-hydrogen) atoms. The van der Waals surface area contributed by atoms with Crippen molar-refractivity contribution in [3.63, 3.8) is 0 Å². The molecule has 0 aliphatic heterocycles. The Labute approximate surface area is 143 Å². The van der Waals surface area contributed by atoms with Gasteiger partial charge in [-0.25, -0.2) is 0 Å². The van der Waals surface area contributed by atoms with Crippen LogP contribution in [-0.4, -0.2) is 0 Å². The molecular formula is C22H22O2. The molecule has 3 aromatic rings. The van der Waals surface area contributed by atoms with E-state index >= 15 is 0 Å². The van der Waals surface area contributed by atoms with Crippen molar-refractivity contribution < 1.29 is 9.47 Å². The van der Waals surface area contributed by atoms with Gasteiger partial charge >= 0.3 is 0 Å². The van der Waals surface area contributed by atoms with Crippen LogP contribution in [0.3, 0.4) is 0 Å². The molecule has 0 bridgehead atoms. The van der Waals surface area contributed by atoms with Crippen LogP contribution in [0.1, 0.15) is 23.6 Å². The summed E-state index contributed by atoms with van der Waals surface area (Å²) in [5, 5.41) is 0. The molecule has 0 saturated carbocycles. The Balaban J connectivity index is 1.87. The quantitative estimate of drug-likeness (QED) is 0.538. The molecule has 0 spiro atoms. The zero-order valence-electron chi connectivity index (χ0n) is 14.4. The maximum Gasteiger partial charge on any atom is 0.134 e. The lowest BCUT2D eigenvalue weighted by atomic mass is 10.1. The molecule has 2 heteroatoms. The molecule has 0 unspecified atom stereocenters. The fraction of sp³-hybridized carbons (Fsp3) is 0.182. The molecular weight excluding hydrogens is 296 g/mol. The average Bonchev–Trinajstić information content (AvgIpc) is 2.55. The van der Waals surface area contributed by atoms with Gasteiger partial charge in [0, 0.05) is 6.07 Å². The van der Waals surface area contributed by atoms with E-state index in [2.05, 4.69) is 39.0 Å². The van der Waals surface area contributed by atoms with Crippen LogP contribution >= 0.6 is 0 Å². The lowest BCUT2D eigenvalue weighted by Gasteiger charge is -2.13. The first-order chi connectivity index (χ1) is 11.6. The van der Waals surface area contributed by atoms with Crippen molar-refractivity contribution in [2.24, 2.45) is 0 Å². The molecule has 0 fully saturated rings. The molecule has 0 heterocycles. The van der Waals surface area contributed by atoms with Crippen LogP contribution in [-0.2, 0) is 6.42 Å². The lowest BCUT2D eigenvalue weighted by molar-refractivity contribution is 0.456. The maximum absolute atomic E-state index is 6.10. The van der Waals surface area contributed by atoms with E-state index in [0.29, 0.717) is 0 Å². The minimum Gasteiger partial charge on any atom is -0.457 e. The van der Waals surface area contributed by atoms with Crippen molar-refractivity contribution in [1.29, 1.82) is 0 Å². The van der Waals surface area contributed by atoms with Gasteiger partial charge in [-0.15, -0.1) is 0 Å². The first-order valence-corrected chi connectivity index (χ1v) is 8.26. The molecule has 122 valence electrons. The monoisotopic (exact) mass is 318 g/mol. The van der Waals surface area contributed by atoms with Crippen molar-refractivity contribution in [3.05, 3.63) is 83.4 Å². The Morgan fingerprint density at radius 1 is 0.667 bits per heavy atom. The Kier molecular flexibility index (Phi) is 4.85. The van der Waals surface area contributed by atoms with Gasteiger partial charge in [-0.05, 0) is 67.3 Å². The summed E-state index contributed by atoms with van der Waals surface area (Å²) in [5.74, 6) is 3.30. The number of hydrogen-bond donors (Lipinski definition) is 0. The summed E-state index contributed by atoms with van der Waals surface area (Å²) in [7, 11) is 0. The fourth-order valence-electron chi connectivity index (χ4n) is 2.61. The van der Waals surface area contributed by atoms with Crippen LogP contribution in [0, 0.1) is 13.8 Å². The second kappa shape index (κ2) is 7.22. The van der Waals surface area contributed by atoms with Crippen LogP contribution in [0.4, 0.5) is 0 Å². The molecule has 0 aromatic heterocycles. The largest absolute Gasteiger partial charge is 0.457 e. The summed E-state index contributed by atoms with van der Waals surface area (Å²) >= 11 is 0. The first-order valence-electron chi connectivity index (χ1n) is 8.26. The summed E-state index contributed by atoms with van der Waals surface area (Å²) < 4.78 is 12.1. The molecule has 0 aliphatic rings. The van der Waals surface area contributed by atoms with Crippen LogP contribution in [0.15, 0.2) is 66.7 Å². The second-order valence-corrected chi connectivity index (χ2v) is 5.96. The third kappa shape index (κ3) is 3.96. The Morgan fingerprint density at radius 2 is 1.25 bits per heavy atom. The fourth-order valence-corrected chi connectivity index (χ4v) is 2.61. The van der Waals surface area contributed by atoms with Gasteiger partial charge in [0.15, 0.2) is 0 Å². The van der Waals surface area contributed by atoms with Crippen molar-refractivity contribution in [1.82, 2.24) is 0 Å². The molecule has 0 amide bonds. The highest BCUT2D eigenvalue weighted by atomic mass is 16.5. The molecule has 3 rings (SSSR count). The predicted octanol–water partition coefficient (Wildman–Crippen LogP) is 6.45. The summed E-state index contributed by atoms with van der Waals surface area (Å²) in [6, 6.07) is 22.1. The highest BCUT2D eigenvalue weighted by Gasteiger charge is 2.07. The van der Waals surface area contributed by atoms with E-state index < -0.39 is 0 Å². The topological polar surface area (TPSA) is 18.5 Å². The van der Waals surface area contributed by atoms with Gasteiger partial charge in [0.2, 0.25) is 0 Å². The lowest BCUT2D eigenvalue weighted by Crippen LogP contribution is -1.93. The van der Waals surface area contributed by atoms with Gasteiger partial charge in [-0.3, -0.25) is 0 Å². The van der Waals surface area contributed by atoms with Crippen molar-refractivity contribution in [2.45, 2.75) is 27.2 Å². The Bertz CT molecular complexity index is 837. The van der Waals surface area contributed by atoms with Gasteiger partial charge in [-0.1, -0.05) is 37.3 Å². The highest BCUT2D eigenvalue weighted by molar-refractivity contribution is 5.45. The van der Waals surface area contributed by atoms with E-state index in [4.69, 9.17) is 9.47 Å². The molecule has 0 aliphatic carbocycles. The summed E-state index contributed by atoms with van der Waals surface area (Å²) in [4.78, 5) is 0. The smallest absolute Gasteiger partial charge is 0.134 e. The number of rotatable bonds is 5. The SMILES string of the molecule is CCc1ccc(Oc2cccc(C)c2)cc1Oc1cccc(C)c1. The molecule has 3 aromatic carbocycles. The molecule has 2 nitrogen and oxygen atoms in total. The third-order valence-corrected chi connectivity index (χ3v) is 3.86. The van der Waals surface area contributed by atoms with Gasteiger partial charge in [0.1, 0.15) is 23.0 Å². The zero-order chi connectivity index (χ0) is 16.9. The molecule has 0 atom stereocenters. The molecule has 0 radical (unpaired) electrons. The van der Waals surface area contributed by atoms with Crippen molar-refractivity contribution in [3.8, 4) is 23.0 Å². The summed E-state index contributed by atoms with van der Waals surface area (Å²) in [6.07, 6.45) is 0.909. The van der Waals surface area contributed by atoms with Gasteiger partial charge < -0.3 is 9.47 Å². The molecule has 0 N–H and O–H groups in total. The Hall–Kier alpha value is -2.74. The average molecular weight is 318 g/mol. The minimum absolute atomic E-state index is 0.778.